The van der Waals surface area contributed by atoms with Crippen molar-refractivity contribution in [3.63, 3.8) is 0 Å². The Bertz CT molecular complexity index is 1260. The third kappa shape index (κ3) is 4.35. The summed E-state index contributed by atoms with van der Waals surface area (Å²) in [5.74, 6) is 0.484. The lowest BCUT2D eigenvalue weighted by atomic mass is 10.0. The van der Waals surface area contributed by atoms with E-state index in [0.717, 1.165) is 0 Å². The molecule has 0 radical (unpaired) electrons. The number of Topliss-reactive ketones (excluding diaryl/α,β-unsaturated/α-hetero) is 1. The number of fused-ring (bicyclic) bond motifs is 1. The molecule has 0 aliphatic heterocycles. The average molecular weight is 414 g/mol. The normalized spacial score (nSPS) is 11.5. The Hall–Kier alpha value is -4.26. The zero-order valence-corrected chi connectivity index (χ0v) is 16.6. The van der Waals surface area contributed by atoms with E-state index in [1.54, 1.807) is 54.6 Å². The number of hydrogen-bond acceptors (Lipinski definition) is 6. The Morgan fingerprint density at radius 3 is 2.58 bits per heavy atom. The summed E-state index contributed by atoms with van der Waals surface area (Å²) in [5, 5.41) is 11.1. The third-order valence-corrected chi connectivity index (χ3v) is 4.59. The van der Waals surface area contributed by atoms with Crippen molar-refractivity contribution in [3.8, 4) is 5.75 Å². The Balaban J connectivity index is 1.81. The van der Waals surface area contributed by atoms with E-state index in [9.17, 15) is 14.9 Å². The lowest BCUT2D eigenvalue weighted by Gasteiger charge is -2.06. The second-order valence-corrected chi connectivity index (χ2v) is 6.68. The van der Waals surface area contributed by atoms with Crippen LogP contribution < -0.4 is 4.74 Å². The van der Waals surface area contributed by atoms with Crippen LogP contribution in [0.15, 0.2) is 77.2 Å². The standard InChI is InChI=1S/C24H18N2O5/c1-2-30-19-12-10-17(11-13-19)23(27)20(15-16-6-5-7-18(14-16)26(28)29)24-25-21-8-3-4-9-22(21)31-24/h3-15H,2H2,1H3/b20-15+. The number of carbonyl (C=O) groups is 1. The van der Waals surface area contributed by atoms with Crippen LogP contribution >= 0.6 is 0 Å². The molecular weight excluding hydrogens is 396 g/mol. The van der Waals surface area contributed by atoms with Gasteiger partial charge in [0.1, 0.15) is 11.3 Å². The number of nitro groups is 1. The van der Waals surface area contributed by atoms with Crippen LogP contribution in [0.3, 0.4) is 0 Å². The van der Waals surface area contributed by atoms with Crippen molar-refractivity contribution in [2.75, 3.05) is 6.61 Å². The number of carbonyl (C=O) groups excluding carboxylic acids is 1. The predicted octanol–water partition coefficient (Wildman–Crippen LogP) is 5.56. The maximum Gasteiger partial charge on any atom is 0.270 e. The lowest BCUT2D eigenvalue weighted by molar-refractivity contribution is -0.384. The topological polar surface area (TPSA) is 95.5 Å². The van der Waals surface area contributed by atoms with Gasteiger partial charge in [-0.1, -0.05) is 24.3 Å². The van der Waals surface area contributed by atoms with E-state index in [0.29, 0.717) is 34.6 Å². The summed E-state index contributed by atoms with van der Waals surface area (Å²) in [7, 11) is 0. The maximum atomic E-state index is 13.4. The molecule has 0 fully saturated rings. The van der Waals surface area contributed by atoms with Crippen LogP contribution in [-0.4, -0.2) is 22.3 Å². The number of oxazole rings is 1. The molecule has 0 amide bonds. The Labute approximate surface area is 177 Å². The van der Waals surface area contributed by atoms with Gasteiger partial charge < -0.3 is 9.15 Å². The monoisotopic (exact) mass is 414 g/mol. The van der Waals surface area contributed by atoms with Gasteiger partial charge in [0, 0.05) is 17.7 Å². The number of nitro benzene ring substituents is 1. The molecule has 0 atom stereocenters. The second-order valence-electron chi connectivity index (χ2n) is 6.68. The summed E-state index contributed by atoms with van der Waals surface area (Å²) < 4.78 is 11.3. The van der Waals surface area contributed by atoms with E-state index in [2.05, 4.69) is 4.98 Å². The van der Waals surface area contributed by atoms with Gasteiger partial charge in [0.2, 0.25) is 5.89 Å². The molecule has 0 aliphatic rings. The fraction of sp³-hybridized carbons (Fsp3) is 0.0833. The van der Waals surface area contributed by atoms with Crippen molar-refractivity contribution < 1.29 is 18.9 Å². The summed E-state index contributed by atoms with van der Waals surface area (Å²) in [4.78, 5) is 28.5. The number of allylic oxidation sites excluding steroid dienone is 1. The molecule has 7 heteroatoms. The summed E-state index contributed by atoms with van der Waals surface area (Å²) in [6.45, 7) is 2.40. The van der Waals surface area contributed by atoms with Crippen LogP contribution in [0.5, 0.6) is 5.75 Å². The zero-order chi connectivity index (χ0) is 21.8. The molecule has 7 nitrogen and oxygen atoms in total. The minimum Gasteiger partial charge on any atom is -0.494 e. The first kappa shape index (κ1) is 20.0. The molecular formula is C24H18N2O5. The van der Waals surface area contributed by atoms with Gasteiger partial charge in [-0.3, -0.25) is 14.9 Å². The van der Waals surface area contributed by atoms with E-state index in [1.165, 1.54) is 12.1 Å². The van der Waals surface area contributed by atoms with Gasteiger partial charge >= 0.3 is 0 Å². The Kier molecular flexibility index (Phi) is 5.57. The molecule has 0 N–H and O–H groups in total. The quantitative estimate of drug-likeness (QED) is 0.170. The fourth-order valence-electron chi connectivity index (χ4n) is 3.13. The van der Waals surface area contributed by atoms with E-state index < -0.39 is 4.92 Å². The highest BCUT2D eigenvalue weighted by Crippen LogP contribution is 2.27. The highest BCUT2D eigenvalue weighted by molar-refractivity contribution is 6.31. The lowest BCUT2D eigenvalue weighted by Crippen LogP contribution is -2.04. The van der Waals surface area contributed by atoms with E-state index in [4.69, 9.17) is 9.15 Å². The minimum absolute atomic E-state index is 0.0702. The summed E-state index contributed by atoms with van der Waals surface area (Å²) in [6.07, 6.45) is 1.55. The van der Waals surface area contributed by atoms with Crippen molar-refractivity contribution in [1.82, 2.24) is 4.98 Å². The van der Waals surface area contributed by atoms with Crippen molar-refractivity contribution in [1.29, 1.82) is 0 Å². The largest absolute Gasteiger partial charge is 0.494 e. The minimum atomic E-state index is -0.481. The summed E-state index contributed by atoms with van der Waals surface area (Å²) in [5.41, 5.74) is 2.19. The highest BCUT2D eigenvalue weighted by Gasteiger charge is 2.21. The van der Waals surface area contributed by atoms with Gasteiger partial charge in [-0.25, -0.2) is 4.98 Å². The van der Waals surface area contributed by atoms with E-state index in [1.807, 2.05) is 19.1 Å². The van der Waals surface area contributed by atoms with Crippen LogP contribution in [-0.2, 0) is 0 Å². The summed E-state index contributed by atoms with van der Waals surface area (Å²) in [6, 6.07) is 20.0. The molecule has 154 valence electrons. The van der Waals surface area contributed by atoms with Crippen molar-refractivity contribution in [3.05, 3.63) is 99.9 Å². The number of rotatable bonds is 7. The van der Waals surface area contributed by atoms with Gasteiger partial charge in [-0.15, -0.1) is 0 Å². The van der Waals surface area contributed by atoms with Crippen molar-refractivity contribution >= 4 is 34.2 Å². The smallest absolute Gasteiger partial charge is 0.270 e. The van der Waals surface area contributed by atoms with Crippen molar-refractivity contribution in [2.45, 2.75) is 6.92 Å². The number of ether oxygens (including phenoxy) is 1. The molecule has 0 spiro atoms. The first-order chi connectivity index (χ1) is 15.0. The van der Waals surface area contributed by atoms with Gasteiger partial charge in [0.25, 0.3) is 5.69 Å². The number of para-hydroxylation sites is 2. The molecule has 31 heavy (non-hydrogen) atoms. The van der Waals surface area contributed by atoms with Crippen LogP contribution in [0.2, 0.25) is 0 Å². The molecule has 0 bridgehead atoms. The van der Waals surface area contributed by atoms with Gasteiger partial charge in [-0.05, 0) is 55.0 Å². The molecule has 4 rings (SSSR count). The number of nitrogens with zero attached hydrogens (tertiary/aromatic N) is 2. The molecule has 0 saturated heterocycles. The van der Waals surface area contributed by atoms with Crippen LogP contribution in [0.4, 0.5) is 5.69 Å². The Morgan fingerprint density at radius 1 is 1.10 bits per heavy atom. The summed E-state index contributed by atoms with van der Waals surface area (Å²) >= 11 is 0. The molecule has 4 aromatic rings. The number of ketones is 1. The van der Waals surface area contributed by atoms with Gasteiger partial charge in [0.15, 0.2) is 11.4 Å². The third-order valence-electron chi connectivity index (χ3n) is 4.59. The molecule has 0 aliphatic carbocycles. The zero-order valence-electron chi connectivity index (χ0n) is 16.6. The molecule has 0 saturated carbocycles. The predicted molar refractivity (Wildman–Crippen MR) is 117 cm³/mol. The maximum absolute atomic E-state index is 13.4. The molecule has 1 heterocycles. The van der Waals surface area contributed by atoms with Crippen LogP contribution in [0.1, 0.15) is 28.7 Å². The average Bonchev–Trinajstić information content (AvgIpc) is 3.22. The number of hydrogen-bond donors (Lipinski definition) is 0. The SMILES string of the molecule is CCOc1ccc(C(=O)/C(=C\c2cccc([N+](=O)[O-])c2)c2nc3ccccc3o2)cc1. The second kappa shape index (κ2) is 8.62. The number of non-ortho nitro benzene ring substituents is 1. The van der Waals surface area contributed by atoms with Crippen molar-refractivity contribution in [2.24, 2.45) is 0 Å². The first-order valence-electron chi connectivity index (χ1n) is 9.65. The number of aromatic nitrogens is 1. The number of benzene rings is 3. The molecule has 3 aromatic carbocycles. The highest BCUT2D eigenvalue weighted by atomic mass is 16.6. The Morgan fingerprint density at radius 2 is 1.87 bits per heavy atom. The molecule has 1 aromatic heterocycles. The van der Waals surface area contributed by atoms with Crippen LogP contribution in [0, 0.1) is 10.1 Å². The van der Waals surface area contributed by atoms with Gasteiger partial charge in [-0.2, -0.15) is 0 Å². The molecule has 0 unspecified atom stereocenters. The van der Waals surface area contributed by atoms with Crippen LogP contribution in [0.25, 0.3) is 22.7 Å². The van der Waals surface area contributed by atoms with E-state index in [-0.39, 0.29) is 22.9 Å². The van der Waals surface area contributed by atoms with E-state index >= 15 is 0 Å². The first-order valence-corrected chi connectivity index (χ1v) is 9.65. The fourth-order valence-corrected chi connectivity index (χ4v) is 3.13. The van der Waals surface area contributed by atoms with Gasteiger partial charge in [0.05, 0.1) is 17.1 Å².